The van der Waals surface area contributed by atoms with Gasteiger partial charge < -0.3 is 0 Å². The molecule has 0 bridgehead atoms. The zero-order valence-corrected chi connectivity index (χ0v) is 5.63. The summed E-state index contributed by atoms with van der Waals surface area (Å²) in [6, 6.07) is 0. The van der Waals surface area contributed by atoms with Crippen LogP contribution in [-0.2, 0) is 19.4 Å². The summed E-state index contributed by atoms with van der Waals surface area (Å²) in [5.74, 6) is 0. The zero-order valence-electron chi connectivity index (χ0n) is 2.69. The third-order valence-electron chi connectivity index (χ3n) is 0.167. The van der Waals surface area contributed by atoms with Gasteiger partial charge in [-0.15, -0.1) is 0 Å². The monoisotopic (exact) mass is 226 g/mol. The molecule has 0 N–H and O–H groups in total. The van der Waals surface area contributed by atoms with Gasteiger partial charge in [0.1, 0.15) is 0 Å². The van der Waals surface area contributed by atoms with Gasteiger partial charge in [0.25, 0.3) is 0 Å². The van der Waals surface area contributed by atoms with Gasteiger partial charge in [0.2, 0.25) is 0 Å². The molecule has 0 nitrogen and oxygen atoms in total. The molecule has 0 rings (SSSR count). The summed E-state index contributed by atoms with van der Waals surface area (Å²) in [4.78, 5) is 0. The predicted octanol–water partition coefficient (Wildman–Crippen LogP) is 0.745. The first-order chi connectivity index (χ1) is 1.91. The fourth-order valence-corrected chi connectivity index (χ4v) is 0. The van der Waals surface area contributed by atoms with Crippen LogP contribution in [-0.4, -0.2) is 4.40 Å². The van der Waals surface area contributed by atoms with E-state index in [0.717, 1.165) is 0 Å². The molecule has 0 unspecified atom stereocenters. The molecule has 0 radical (unpaired) electrons. The quantitative estimate of drug-likeness (QED) is 0.618. The molecular weight excluding hydrogens is 220 g/mol. The molecule has 24 valence electrons. The van der Waals surface area contributed by atoms with E-state index in [-0.39, 0.29) is 0 Å². The SMILES string of the molecule is CC[CH]=[W]. The summed E-state index contributed by atoms with van der Waals surface area (Å²) < 4.78 is 2.21. The van der Waals surface area contributed by atoms with Gasteiger partial charge in [-0.25, -0.2) is 0 Å². The van der Waals surface area contributed by atoms with E-state index in [1.54, 1.807) is 19.4 Å². The van der Waals surface area contributed by atoms with Crippen LogP contribution in [0.15, 0.2) is 0 Å². The van der Waals surface area contributed by atoms with E-state index in [1.165, 1.54) is 6.42 Å². The maximum atomic E-state index is 2.21. The van der Waals surface area contributed by atoms with Crippen molar-refractivity contribution < 1.29 is 19.4 Å². The van der Waals surface area contributed by atoms with E-state index in [9.17, 15) is 0 Å². The van der Waals surface area contributed by atoms with Crippen molar-refractivity contribution in [2.75, 3.05) is 0 Å². The van der Waals surface area contributed by atoms with Gasteiger partial charge in [0, 0.05) is 0 Å². The minimum atomic E-state index is 1.23. The molecule has 0 saturated heterocycles. The molecule has 0 amide bonds. The molecule has 0 aliphatic heterocycles. The van der Waals surface area contributed by atoms with E-state index in [2.05, 4.69) is 11.3 Å². The second-order valence-electron chi connectivity index (χ2n) is 0.575. The Morgan fingerprint density at radius 2 is 2.25 bits per heavy atom. The molecule has 0 spiro atoms. The van der Waals surface area contributed by atoms with Crippen LogP contribution in [0.3, 0.4) is 0 Å². The summed E-state index contributed by atoms with van der Waals surface area (Å²) in [7, 11) is 0. The molecule has 0 saturated carbocycles. The van der Waals surface area contributed by atoms with Crippen molar-refractivity contribution in [3.63, 3.8) is 0 Å². The van der Waals surface area contributed by atoms with Crippen molar-refractivity contribution in [2.24, 2.45) is 0 Å². The Morgan fingerprint density at radius 3 is 2.25 bits per heavy atom. The summed E-state index contributed by atoms with van der Waals surface area (Å²) in [6.07, 6.45) is 1.23. The number of rotatable bonds is 1. The van der Waals surface area contributed by atoms with Crippen LogP contribution >= 0.6 is 0 Å². The molecule has 1 heteroatoms. The Balaban J connectivity index is 2.30. The van der Waals surface area contributed by atoms with Crippen LogP contribution in [0.5, 0.6) is 0 Å². The molecule has 0 aromatic rings. The third kappa shape index (κ3) is 2.56. The van der Waals surface area contributed by atoms with E-state index < -0.39 is 0 Å². The van der Waals surface area contributed by atoms with Crippen LogP contribution in [0, 0.1) is 0 Å². The Morgan fingerprint density at radius 1 is 2.00 bits per heavy atom. The summed E-state index contributed by atoms with van der Waals surface area (Å²) >= 11 is 1.58. The molecule has 4 heavy (non-hydrogen) atoms. The van der Waals surface area contributed by atoms with Crippen molar-refractivity contribution in [2.45, 2.75) is 13.3 Å². The molecule has 0 aliphatic carbocycles. The van der Waals surface area contributed by atoms with Crippen LogP contribution in [0.1, 0.15) is 13.3 Å². The first kappa shape index (κ1) is 4.56. The number of hydrogen-bond donors (Lipinski definition) is 0. The second kappa shape index (κ2) is 3.56. The summed E-state index contributed by atoms with van der Waals surface area (Å²) in [5.41, 5.74) is 0. The molecule has 0 aromatic carbocycles. The van der Waals surface area contributed by atoms with Crippen molar-refractivity contribution >= 4 is 4.40 Å². The number of hydrogen-bond acceptors (Lipinski definition) is 0. The van der Waals surface area contributed by atoms with Crippen molar-refractivity contribution in [1.82, 2.24) is 0 Å². The average molecular weight is 226 g/mol. The van der Waals surface area contributed by atoms with E-state index >= 15 is 0 Å². The normalized spacial score (nSPS) is 6.25. The van der Waals surface area contributed by atoms with E-state index in [1.807, 2.05) is 0 Å². The topological polar surface area (TPSA) is 0 Å². The zero-order chi connectivity index (χ0) is 3.41. The van der Waals surface area contributed by atoms with Crippen LogP contribution in [0.25, 0.3) is 0 Å². The van der Waals surface area contributed by atoms with Gasteiger partial charge >= 0.3 is 37.1 Å². The van der Waals surface area contributed by atoms with Gasteiger partial charge in [-0.1, -0.05) is 0 Å². The Kier molecular flexibility index (Phi) is 4.05. The maximum absolute atomic E-state index is 2.21. The van der Waals surface area contributed by atoms with Crippen molar-refractivity contribution in [3.05, 3.63) is 0 Å². The van der Waals surface area contributed by atoms with Gasteiger partial charge in [0.05, 0.1) is 0 Å². The van der Waals surface area contributed by atoms with Gasteiger partial charge in [-0.05, 0) is 0 Å². The summed E-state index contributed by atoms with van der Waals surface area (Å²) in [5, 5.41) is 0. The molecule has 0 heterocycles. The average Bonchev–Trinajstić information content (AvgIpc) is 1.37. The fraction of sp³-hybridized carbons (Fsp3) is 0.667. The molecule has 0 aliphatic rings. The molecule has 0 atom stereocenters. The predicted molar refractivity (Wildman–Crippen MR) is 16.4 cm³/mol. The van der Waals surface area contributed by atoms with Gasteiger partial charge in [-0.2, -0.15) is 0 Å². The van der Waals surface area contributed by atoms with Crippen molar-refractivity contribution in [3.8, 4) is 0 Å². The fourth-order valence-electron chi connectivity index (χ4n) is 0. The Hall–Kier alpha value is 0.558. The summed E-state index contributed by atoms with van der Waals surface area (Å²) in [6.45, 7) is 2.15. The Labute approximate surface area is 37.6 Å². The first-order valence-electron chi connectivity index (χ1n) is 1.35. The second-order valence-corrected chi connectivity index (χ2v) is 1.77. The van der Waals surface area contributed by atoms with E-state index in [4.69, 9.17) is 0 Å². The van der Waals surface area contributed by atoms with Crippen LogP contribution < -0.4 is 0 Å². The van der Waals surface area contributed by atoms with Crippen LogP contribution in [0.2, 0.25) is 0 Å². The van der Waals surface area contributed by atoms with Gasteiger partial charge in [-0.3, -0.25) is 0 Å². The van der Waals surface area contributed by atoms with Crippen molar-refractivity contribution in [1.29, 1.82) is 0 Å². The standard InChI is InChI=1S/C3H6.W/c1-3-2;/h1H,3H2,2H3;. The first-order valence-corrected chi connectivity index (χ1v) is 3.04. The van der Waals surface area contributed by atoms with E-state index in [0.29, 0.717) is 0 Å². The molecular formula is C3H6W. The molecule has 0 fully saturated rings. The minimum absolute atomic E-state index is 1.23. The third-order valence-corrected chi connectivity index (χ3v) is 1.36. The molecule has 0 aromatic heterocycles. The van der Waals surface area contributed by atoms with Crippen LogP contribution in [0.4, 0.5) is 0 Å². The van der Waals surface area contributed by atoms with Gasteiger partial charge in [0.15, 0.2) is 0 Å². The Bertz CT molecular complexity index is 17.2.